The summed E-state index contributed by atoms with van der Waals surface area (Å²) in [4.78, 5) is 4.35. The number of imidazole rings is 1. The van der Waals surface area contributed by atoms with Crippen LogP contribution in [0.15, 0.2) is 24.3 Å². The zero-order valence-electron chi connectivity index (χ0n) is 9.71. The molecule has 1 aliphatic rings. The number of para-hydroxylation sites is 2. The Morgan fingerprint density at radius 2 is 2.00 bits per heavy atom. The molecule has 1 aromatic heterocycles. The fraction of sp³-hybridized carbons (Fsp3) is 0.462. The smallest absolute Gasteiger partial charge is 0.201 e. The molecule has 0 amide bonds. The van der Waals surface area contributed by atoms with E-state index in [-0.39, 0.29) is 12.1 Å². The number of hydrogen-bond acceptors (Lipinski definition) is 3. The van der Waals surface area contributed by atoms with E-state index in [0.717, 1.165) is 36.7 Å². The van der Waals surface area contributed by atoms with Crippen LogP contribution in [0.1, 0.15) is 31.7 Å². The molecule has 4 nitrogen and oxygen atoms in total. The Morgan fingerprint density at radius 1 is 1.24 bits per heavy atom. The van der Waals surface area contributed by atoms with Gasteiger partial charge in [0, 0.05) is 0 Å². The van der Waals surface area contributed by atoms with Crippen molar-refractivity contribution in [1.82, 2.24) is 9.55 Å². The lowest BCUT2D eigenvalue weighted by atomic mass is 9.92. The van der Waals surface area contributed by atoms with Crippen molar-refractivity contribution < 1.29 is 5.11 Å². The Balaban J connectivity index is 2.12. The summed E-state index contributed by atoms with van der Waals surface area (Å²) >= 11 is 0. The lowest BCUT2D eigenvalue weighted by Crippen LogP contribution is -2.28. The van der Waals surface area contributed by atoms with Crippen LogP contribution in [0.5, 0.6) is 0 Å². The molecule has 1 saturated carbocycles. The molecule has 0 unspecified atom stereocenters. The number of aromatic nitrogens is 2. The number of fused-ring (bicyclic) bond motifs is 1. The third-order valence-electron chi connectivity index (χ3n) is 3.65. The normalized spacial score (nSPS) is 25.2. The third kappa shape index (κ3) is 1.69. The van der Waals surface area contributed by atoms with Crippen LogP contribution in [0, 0.1) is 0 Å². The first kappa shape index (κ1) is 10.6. The molecule has 17 heavy (non-hydrogen) atoms. The highest BCUT2D eigenvalue weighted by Gasteiger charge is 2.27. The molecule has 0 radical (unpaired) electrons. The molecule has 1 fully saturated rings. The number of nitrogens with two attached hydrogens (primary N) is 1. The van der Waals surface area contributed by atoms with E-state index in [1.807, 2.05) is 28.8 Å². The predicted molar refractivity (Wildman–Crippen MR) is 67.7 cm³/mol. The van der Waals surface area contributed by atoms with E-state index in [1.54, 1.807) is 0 Å². The van der Waals surface area contributed by atoms with E-state index in [2.05, 4.69) is 4.98 Å². The molecule has 3 N–H and O–H groups in total. The van der Waals surface area contributed by atoms with Gasteiger partial charge in [0.1, 0.15) is 0 Å². The molecule has 1 aliphatic carbocycles. The summed E-state index contributed by atoms with van der Waals surface area (Å²) in [7, 11) is 0. The van der Waals surface area contributed by atoms with Crippen molar-refractivity contribution in [3.8, 4) is 0 Å². The summed E-state index contributed by atoms with van der Waals surface area (Å²) in [5.74, 6) is 0.511. The van der Waals surface area contributed by atoms with Gasteiger partial charge in [-0.15, -0.1) is 0 Å². The minimum atomic E-state index is -0.302. The summed E-state index contributed by atoms with van der Waals surface area (Å²) < 4.78 is 2.00. The average molecular weight is 231 g/mol. The first-order valence-corrected chi connectivity index (χ1v) is 6.18. The Hall–Kier alpha value is -1.55. The second-order valence-electron chi connectivity index (χ2n) is 4.75. The molecule has 2 aromatic rings. The van der Waals surface area contributed by atoms with Gasteiger partial charge in [-0.3, -0.25) is 0 Å². The van der Waals surface area contributed by atoms with Gasteiger partial charge in [0.05, 0.1) is 23.2 Å². The second-order valence-corrected chi connectivity index (χ2v) is 4.75. The van der Waals surface area contributed by atoms with Crippen LogP contribution in [0.3, 0.4) is 0 Å². The molecule has 3 rings (SSSR count). The van der Waals surface area contributed by atoms with Crippen molar-refractivity contribution in [2.24, 2.45) is 0 Å². The molecule has 2 atom stereocenters. The largest absolute Gasteiger partial charge is 0.391 e. The molecule has 0 bridgehead atoms. The van der Waals surface area contributed by atoms with Crippen molar-refractivity contribution in [1.29, 1.82) is 0 Å². The first-order valence-electron chi connectivity index (χ1n) is 6.18. The molecule has 0 spiro atoms. The maximum atomic E-state index is 10.1. The van der Waals surface area contributed by atoms with E-state index >= 15 is 0 Å². The van der Waals surface area contributed by atoms with Gasteiger partial charge in [-0.25, -0.2) is 4.98 Å². The van der Waals surface area contributed by atoms with Crippen LogP contribution in [-0.2, 0) is 0 Å². The number of nitrogens with zero attached hydrogens (tertiary/aromatic N) is 2. The highest BCUT2D eigenvalue weighted by molar-refractivity contribution is 5.78. The quantitative estimate of drug-likeness (QED) is 0.790. The van der Waals surface area contributed by atoms with Crippen LogP contribution < -0.4 is 5.73 Å². The topological polar surface area (TPSA) is 64.1 Å². The first-order chi connectivity index (χ1) is 8.27. The van der Waals surface area contributed by atoms with E-state index in [1.165, 1.54) is 0 Å². The standard InChI is InChI=1S/C13H17N3O/c14-13-15-9-5-1-2-6-10(9)16(13)11-7-3-4-8-12(11)17/h1-2,5-6,11-12,17H,3-4,7-8H2,(H2,14,15)/t11-,12+/m0/s1. The minimum absolute atomic E-state index is 0.0798. The van der Waals surface area contributed by atoms with Crippen molar-refractivity contribution in [2.45, 2.75) is 37.8 Å². The van der Waals surface area contributed by atoms with Gasteiger partial charge < -0.3 is 15.4 Å². The van der Waals surface area contributed by atoms with Crippen molar-refractivity contribution in [2.75, 3.05) is 5.73 Å². The molecule has 90 valence electrons. The average Bonchev–Trinajstić information content (AvgIpc) is 2.66. The summed E-state index contributed by atoms with van der Waals surface area (Å²) in [6.07, 6.45) is 3.78. The van der Waals surface area contributed by atoms with Crippen LogP contribution in [0.25, 0.3) is 11.0 Å². The molecule has 0 aliphatic heterocycles. The van der Waals surface area contributed by atoms with Gasteiger partial charge >= 0.3 is 0 Å². The molecule has 1 aromatic carbocycles. The SMILES string of the molecule is Nc1nc2ccccc2n1[C@H]1CCCC[C@H]1O. The van der Waals surface area contributed by atoms with Crippen LogP contribution >= 0.6 is 0 Å². The predicted octanol–water partition coefficient (Wildman–Crippen LogP) is 2.09. The number of hydrogen-bond donors (Lipinski definition) is 2. The van der Waals surface area contributed by atoms with E-state index < -0.39 is 0 Å². The number of rotatable bonds is 1. The Kier molecular flexibility index (Phi) is 2.52. The van der Waals surface area contributed by atoms with Crippen molar-refractivity contribution in [3.05, 3.63) is 24.3 Å². The van der Waals surface area contributed by atoms with Gasteiger partial charge in [0.2, 0.25) is 5.95 Å². The fourth-order valence-electron chi connectivity index (χ4n) is 2.80. The molecule has 4 heteroatoms. The molecular formula is C13H17N3O. The summed E-state index contributed by atoms with van der Waals surface area (Å²) in [5, 5.41) is 10.1. The van der Waals surface area contributed by atoms with Gasteiger partial charge in [-0.2, -0.15) is 0 Å². The van der Waals surface area contributed by atoms with E-state index in [0.29, 0.717) is 5.95 Å². The number of nitrogen functional groups attached to an aromatic ring is 1. The van der Waals surface area contributed by atoms with Crippen LogP contribution in [0.4, 0.5) is 5.95 Å². The van der Waals surface area contributed by atoms with Crippen molar-refractivity contribution in [3.63, 3.8) is 0 Å². The van der Waals surface area contributed by atoms with Gasteiger partial charge in [0.25, 0.3) is 0 Å². The lowest BCUT2D eigenvalue weighted by Gasteiger charge is -2.29. The zero-order chi connectivity index (χ0) is 11.8. The zero-order valence-corrected chi connectivity index (χ0v) is 9.71. The molecule has 0 saturated heterocycles. The van der Waals surface area contributed by atoms with Crippen molar-refractivity contribution >= 4 is 17.0 Å². The van der Waals surface area contributed by atoms with Crippen LogP contribution in [0.2, 0.25) is 0 Å². The fourth-order valence-corrected chi connectivity index (χ4v) is 2.80. The second kappa shape index (κ2) is 4.04. The van der Waals surface area contributed by atoms with Gasteiger partial charge in [-0.1, -0.05) is 25.0 Å². The number of aliphatic hydroxyl groups is 1. The summed E-state index contributed by atoms with van der Waals surface area (Å²) in [6.45, 7) is 0. The Morgan fingerprint density at radius 3 is 2.82 bits per heavy atom. The monoisotopic (exact) mass is 231 g/mol. The highest BCUT2D eigenvalue weighted by Crippen LogP contribution is 2.33. The number of anilines is 1. The molecule has 1 heterocycles. The Bertz CT molecular complexity index is 534. The molecular weight excluding hydrogens is 214 g/mol. The van der Waals surface area contributed by atoms with Gasteiger partial charge in [-0.05, 0) is 25.0 Å². The Labute approximate surface area is 100 Å². The maximum absolute atomic E-state index is 10.1. The maximum Gasteiger partial charge on any atom is 0.201 e. The highest BCUT2D eigenvalue weighted by atomic mass is 16.3. The lowest BCUT2D eigenvalue weighted by molar-refractivity contribution is 0.0783. The third-order valence-corrected chi connectivity index (χ3v) is 3.65. The van der Waals surface area contributed by atoms with E-state index in [9.17, 15) is 5.11 Å². The van der Waals surface area contributed by atoms with E-state index in [4.69, 9.17) is 5.73 Å². The number of benzene rings is 1. The summed E-state index contributed by atoms with van der Waals surface area (Å²) in [5.41, 5.74) is 7.92. The number of aliphatic hydroxyl groups excluding tert-OH is 1. The summed E-state index contributed by atoms with van der Waals surface area (Å²) in [6, 6.07) is 7.99. The minimum Gasteiger partial charge on any atom is -0.391 e. The van der Waals surface area contributed by atoms with Crippen LogP contribution in [-0.4, -0.2) is 20.8 Å². The van der Waals surface area contributed by atoms with Gasteiger partial charge in [0.15, 0.2) is 0 Å².